The van der Waals surface area contributed by atoms with Crippen molar-refractivity contribution in [1.82, 2.24) is 20.2 Å². The number of fused-ring (bicyclic) bond motifs is 4. The summed E-state index contributed by atoms with van der Waals surface area (Å²) in [6.45, 7) is 3.25. The molecule has 3 N–H and O–H groups in total. The van der Waals surface area contributed by atoms with E-state index in [9.17, 15) is 13.2 Å². The third kappa shape index (κ3) is 4.26. The molecule has 0 unspecified atom stereocenters. The number of piperazine rings is 1. The highest BCUT2D eigenvalue weighted by atomic mass is 19.2. The second-order valence-corrected chi connectivity index (χ2v) is 12.5. The molecule has 3 aromatic carbocycles. The van der Waals surface area contributed by atoms with Crippen LogP contribution >= 0.6 is 0 Å². The fourth-order valence-electron chi connectivity index (χ4n) is 7.70. The minimum Gasteiger partial charge on any atom is -0.491 e. The summed E-state index contributed by atoms with van der Waals surface area (Å²) in [6, 6.07) is 3.60. The van der Waals surface area contributed by atoms with Crippen molar-refractivity contribution < 1.29 is 31.4 Å². The van der Waals surface area contributed by atoms with Crippen molar-refractivity contribution in [1.29, 1.82) is 0 Å². The topological polar surface area (TPSA) is 88.8 Å². The average molecular weight is 637 g/mol. The molecule has 0 spiro atoms. The average Bonchev–Trinajstić information content (AvgIpc) is 3.52. The molecule has 0 aliphatic carbocycles. The van der Waals surface area contributed by atoms with Gasteiger partial charge in [0, 0.05) is 54.6 Å². The van der Waals surface area contributed by atoms with Gasteiger partial charge in [-0.25, -0.2) is 22.0 Å². The molecule has 0 bridgehead atoms. The lowest BCUT2D eigenvalue weighted by Gasteiger charge is -2.35. The summed E-state index contributed by atoms with van der Waals surface area (Å²) in [6.07, 6.45) is 6.62. The first-order valence-electron chi connectivity index (χ1n) is 15.2. The highest BCUT2D eigenvalue weighted by molar-refractivity contribution is 6.06. The fraction of sp³-hybridized carbons (Fsp3) is 0.394. The van der Waals surface area contributed by atoms with Gasteiger partial charge in [0.25, 0.3) is 0 Å². The van der Waals surface area contributed by atoms with Crippen molar-refractivity contribution in [3.8, 4) is 35.2 Å². The van der Waals surface area contributed by atoms with Gasteiger partial charge >= 0.3 is 6.01 Å². The van der Waals surface area contributed by atoms with Gasteiger partial charge in [-0.2, -0.15) is 9.97 Å². The van der Waals surface area contributed by atoms with Crippen LogP contribution in [-0.4, -0.2) is 78.6 Å². The summed E-state index contributed by atoms with van der Waals surface area (Å²) in [5.74, 6) is -2.94. The predicted octanol–water partition coefficient (Wildman–Crippen LogP) is 4.70. The maximum atomic E-state index is 16.9. The van der Waals surface area contributed by atoms with Crippen molar-refractivity contribution in [3.63, 3.8) is 0 Å². The number of ether oxygens (including phenoxy) is 2. The van der Waals surface area contributed by atoms with Crippen molar-refractivity contribution in [3.05, 3.63) is 47.0 Å². The summed E-state index contributed by atoms with van der Waals surface area (Å²) in [7, 11) is 0. The van der Waals surface area contributed by atoms with Gasteiger partial charge in [-0.1, -0.05) is 5.92 Å². The quantitative estimate of drug-likeness (QED) is 0.144. The number of halogens is 5. The number of alkyl halides is 1. The molecular weight excluding hydrogens is 607 g/mol. The van der Waals surface area contributed by atoms with Gasteiger partial charge in [0.15, 0.2) is 23.3 Å². The van der Waals surface area contributed by atoms with E-state index in [1.807, 2.05) is 4.90 Å². The van der Waals surface area contributed by atoms with E-state index >= 15 is 8.78 Å². The smallest absolute Gasteiger partial charge is 0.319 e. The molecule has 238 valence electrons. The van der Waals surface area contributed by atoms with Gasteiger partial charge < -0.3 is 25.4 Å². The summed E-state index contributed by atoms with van der Waals surface area (Å²) >= 11 is 0. The minimum atomic E-state index is -1.75. The first-order chi connectivity index (χ1) is 22.2. The number of terminal acetylenes is 1. The van der Waals surface area contributed by atoms with Crippen LogP contribution in [-0.2, 0) is 0 Å². The first kappa shape index (κ1) is 29.0. The second kappa shape index (κ2) is 10.6. The van der Waals surface area contributed by atoms with E-state index in [-0.39, 0.29) is 58.7 Å². The highest BCUT2D eigenvalue weighted by Crippen LogP contribution is 2.46. The monoisotopic (exact) mass is 636 g/mol. The van der Waals surface area contributed by atoms with Gasteiger partial charge in [0.05, 0.1) is 22.5 Å². The number of nitrogens with two attached hydrogens (primary N) is 1. The van der Waals surface area contributed by atoms with Gasteiger partial charge in [-0.05, 0) is 43.1 Å². The number of hydrogen-bond acceptors (Lipinski definition) is 8. The highest BCUT2D eigenvalue weighted by Gasteiger charge is 2.49. The Labute approximate surface area is 260 Å². The molecule has 4 aromatic rings. The normalized spacial score (nSPS) is 24.0. The zero-order chi connectivity index (χ0) is 31.9. The molecule has 0 amide bonds. The Morgan fingerprint density at radius 2 is 1.91 bits per heavy atom. The molecule has 4 aliphatic rings. The zero-order valence-electron chi connectivity index (χ0n) is 24.6. The SMILES string of the molecule is C#Cc1c(F)c(F)c(F)c2cc(N)cc(-c3cc4c5c(nc(OC[C@@]67CCCN6C[C@H](F)C7)nc5c3F)N3CCNC[C@@H]3CO4)c12. The van der Waals surface area contributed by atoms with Crippen LogP contribution in [0.3, 0.4) is 0 Å². The molecule has 13 heteroatoms. The first-order valence-corrected chi connectivity index (χ1v) is 15.2. The van der Waals surface area contributed by atoms with Crippen LogP contribution in [0.2, 0.25) is 0 Å². The van der Waals surface area contributed by atoms with Crippen LogP contribution in [0.4, 0.5) is 33.5 Å². The van der Waals surface area contributed by atoms with Crippen LogP contribution in [0, 0.1) is 35.6 Å². The summed E-state index contributed by atoms with van der Waals surface area (Å²) in [4.78, 5) is 13.4. The van der Waals surface area contributed by atoms with Gasteiger partial charge in [0.1, 0.15) is 36.5 Å². The van der Waals surface area contributed by atoms with E-state index in [0.717, 1.165) is 25.5 Å². The second-order valence-electron chi connectivity index (χ2n) is 12.5. The molecule has 0 radical (unpaired) electrons. The maximum absolute atomic E-state index is 16.9. The predicted molar refractivity (Wildman–Crippen MR) is 163 cm³/mol. The lowest BCUT2D eigenvalue weighted by Crippen LogP contribution is -2.53. The standard InChI is InChI=1S/C33H29F5N6O2/c1-2-19-24-20(8-17(39)9-22(24)27(36)29(38)26(19)35)21-10-23-25-30(28(21)37)41-32(42-31(25)44-7-5-40-12-18(44)14-45-23)46-15-33-4-3-6-43(33)13-16(34)11-33/h1,8-10,16,18,40H,3-7,11-15,39H2/t16-,18-,33+/m1/s1. The van der Waals surface area contributed by atoms with E-state index < -0.39 is 45.9 Å². The molecular formula is C33H29F5N6O2. The number of rotatable bonds is 4. The molecule has 3 saturated heterocycles. The van der Waals surface area contributed by atoms with E-state index in [0.29, 0.717) is 43.8 Å². The van der Waals surface area contributed by atoms with Crippen molar-refractivity contribution in [2.75, 3.05) is 56.6 Å². The Balaban J connectivity index is 1.35. The van der Waals surface area contributed by atoms with Crippen LogP contribution in [0.5, 0.6) is 11.8 Å². The Hall–Kier alpha value is -4.41. The molecule has 0 saturated carbocycles. The van der Waals surface area contributed by atoms with Crippen LogP contribution < -0.4 is 25.4 Å². The Morgan fingerprint density at radius 3 is 2.74 bits per heavy atom. The molecule has 3 atom stereocenters. The maximum Gasteiger partial charge on any atom is 0.319 e. The van der Waals surface area contributed by atoms with E-state index in [2.05, 4.69) is 21.1 Å². The van der Waals surface area contributed by atoms with Crippen LogP contribution in [0.15, 0.2) is 18.2 Å². The van der Waals surface area contributed by atoms with Gasteiger partial charge in [0.2, 0.25) is 0 Å². The summed E-state index contributed by atoms with van der Waals surface area (Å²) in [5, 5.41) is 3.02. The number of anilines is 2. The van der Waals surface area contributed by atoms with Crippen molar-refractivity contribution in [2.24, 2.45) is 0 Å². The van der Waals surface area contributed by atoms with Gasteiger partial charge in [-0.15, -0.1) is 6.42 Å². The molecule has 46 heavy (non-hydrogen) atoms. The number of nitrogens with one attached hydrogen (secondary N) is 1. The minimum absolute atomic E-state index is 0.0274. The molecule has 8 nitrogen and oxygen atoms in total. The lowest BCUT2D eigenvalue weighted by molar-refractivity contribution is 0.107. The number of aromatic nitrogens is 2. The number of nitrogens with zero attached hydrogens (tertiary/aromatic N) is 4. The largest absolute Gasteiger partial charge is 0.491 e. The number of benzene rings is 3. The fourth-order valence-corrected chi connectivity index (χ4v) is 7.70. The summed E-state index contributed by atoms with van der Waals surface area (Å²) < 4.78 is 88.4. The zero-order valence-corrected chi connectivity index (χ0v) is 24.6. The Bertz CT molecular complexity index is 1990. The van der Waals surface area contributed by atoms with Crippen molar-refractivity contribution in [2.45, 2.75) is 37.0 Å². The van der Waals surface area contributed by atoms with E-state index in [1.54, 1.807) is 0 Å². The Kier molecular flexibility index (Phi) is 6.67. The van der Waals surface area contributed by atoms with Gasteiger partial charge in [-0.3, -0.25) is 4.90 Å². The van der Waals surface area contributed by atoms with Crippen LogP contribution in [0.25, 0.3) is 32.8 Å². The third-order valence-corrected chi connectivity index (χ3v) is 9.81. The van der Waals surface area contributed by atoms with Crippen molar-refractivity contribution >= 4 is 33.2 Å². The molecule has 8 rings (SSSR count). The van der Waals surface area contributed by atoms with E-state index in [1.165, 1.54) is 12.1 Å². The molecule has 4 aliphatic heterocycles. The lowest BCUT2D eigenvalue weighted by atomic mass is 9.92. The van der Waals surface area contributed by atoms with Crippen LogP contribution in [0.1, 0.15) is 24.8 Å². The Morgan fingerprint density at radius 1 is 1.07 bits per heavy atom. The molecule has 1 aromatic heterocycles. The molecule has 3 fully saturated rings. The third-order valence-electron chi connectivity index (χ3n) is 9.81. The summed E-state index contributed by atoms with van der Waals surface area (Å²) in [5.41, 5.74) is 4.61. The van der Waals surface area contributed by atoms with E-state index in [4.69, 9.17) is 26.6 Å². The molecule has 5 heterocycles. The number of hydrogen-bond donors (Lipinski definition) is 2. The number of nitrogen functional groups attached to an aromatic ring is 1.